The van der Waals surface area contributed by atoms with E-state index in [9.17, 15) is 9.59 Å². The number of nitrogens with one attached hydrogen (secondary N) is 1. The summed E-state index contributed by atoms with van der Waals surface area (Å²) in [5.74, 6) is 1.07. The molecule has 0 atom stereocenters. The van der Waals surface area contributed by atoms with E-state index in [-0.39, 0.29) is 17.4 Å². The number of anilines is 2. The highest BCUT2D eigenvalue weighted by molar-refractivity contribution is 5.31. The van der Waals surface area contributed by atoms with Gasteiger partial charge in [-0.25, -0.2) is 19.4 Å². The molecule has 10 nitrogen and oxygen atoms in total. The Kier molecular flexibility index (Phi) is 5.61. The van der Waals surface area contributed by atoms with Gasteiger partial charge in [0.1, 0.15) is 0 Å². The highest BCUT2D eigenvalue weighted by Crippen LogP contribution is 2.26. The molecular formula is C19H28N8O2. The minimum absolute atomic E-state index is 0.211. The van der Waals surface area contributed by atoms with Crippen molar-refractivity contribution in [3.8, 4) is 0 Å². The van der Waals surface area contributed by atoms with Crippen LogP contribution >= 0.6 is 0 Å². The summed E-state index contributed by atoms with van der Waals surface area (Å²) in [7, 11) is 3.04. The highest BCUT2D eigenvalue weighted by Gasteiger charge is 2.29. The number of rotatable bonds is 4. The number of hydrogen-bond donors (Lipinski definition) is 1. The normalized spacial score (nSPS) is 23.2. The Morgan fingerprint density at radius 2 is 1.62 bits per heavy atom. The lowest BCUT2D eigenvalue weighted by Gasteiger charge is -2.42. The van der Waals surface area contributed by atoms with E-state index < -0.39 is 5.69 Å². The van der Waals surface area contributed by atoms with Gasteiger partial charge in [0.15, 0.2) is 0 Å². The van der Waals surface area contributed by atoms with Crippen molar-refractivity contribution in [1.82, 2.24) is 29.2 Å². The summed E-state index contributed by atoms with van der Waals surface area (Å²) in [6.45, 7) is 3.92. The quantitative estimate of drug-likeness (QED) is 0.754. The molecule has 4 rings (SSSR count). The molecule has 0 radical (unpaired) electrons. The fraction of sp³-hybridized carbons (Fsp3) is 0.632. The molecule has 0 unspecified atom stereocenters. The number of nitrogens with zero attached hydrogens (tertiary/aromatic N) is 7. The first-order chi connectivity index (χ1) is 14.0. The summed E-state index contributed by atoms with van der Waals surface area (Å²) in [4.78, 5) is 37.6. The molecule has 1 aliphatic carbocycles. The van der Waals surface area contributed by atoms with Gasteiger partial charge in [0.25, 0.3) is 5.56 Å². The van der Waals surface area contributed by atoms with E-state index in [1.807, 2.05) is 6.07 Å². The maximum atomic E-state index is 12.3. The average Bonchev–Trinajstić information content (AvgIpc) is 2.77. The van der Waals surface area contributed by atoms with Gasteiger partial charge in [-0.2, -0.15) is 0 Å². The molecule has 2 aromatic heterocycles. The number of piperazine rings is 1. The van der Waals surface area contributed by atoms with E-state index in [4.69, 9.17) is 0 Å². The third-order valence-electron chi connectivity index (χ3n) is 6.02. The van der Waals surface area contributed by atoms with Crippen molar-refractivity contribution in [3.05, 3.63) is 39.3 Å². The van der Waals surface area contributed by atoms with Gasteiger partial charge in [-0.05, 0) is 31.7 Å². The molecule has 2 fully saturated rings. The van der Waals surface area contributed by atoms with Crippen LogP contribution in [-0.2, 0) is 14.1 Å². The molecule has 1 saturated carbocycles. The second-order valence-corrected chi connectivity index (χ2v) is 7.84. The van der Waals surface area contributed by atoms with Gasteiger partial charge in [0.05, 0.1) is 0 Å². The van der Waals surface area contributed by atoms with Crippen molar-refractivity contribution in [2.24, 2.45) is 14.1 Å². The minimum atomic E-state index is -0.413. The molecule has 3 heterocycles. The van der Waals surface area contributed by atoms with Crippen LogP contribution in [0.5, 0.6) is 0 Å². The van der Waals surface area contributed by atoms with Crippen molar-refractivity contribution in [1.29, 1.82) is 0 Å². The van der Waals surface area contributed by atoms with Crippen LogP contribution in [0.15, 0.2) is 28.0 Å². The van der Waals surface area contributed by atoms with E-state index >= 15 is 0 Å². The molecule has 0 amide bonds. The third-order valence-corrected chi connectivity index (χ3v) is 6.02. The first-order valence-electron chi connectivity index (χ1n) is 10.2. The van der Waals surface area contributed by atoms with Crippen molar-refractivity contribution in [2.75, 3.05) is 36.4 Å². The Morgan fingerprint density at radius 3 is 2.28 bits per heavy atom. The predicted octanol–water partition coefficient (Wildman–Crippen LogP) is -0.186. The molecule has 1 N–H and O–H groups in total. The zero-order valence-corrected chi connectivity index (χ0v) is 17.0. The van der Waals surface area contributed by atoms with E-state index in [1.165, 1.54) is 11.7 Å². The first-order valence-corrected chi connectivity index (χ1v) is 10.2. The average molecular weight is 400 g/mol. The van der Waals surface area contributed by atoms with Crippen LogP contribution < -0.4 is 21.5 Å². The summed E-state index contributed by atoms with van der Waals surface area (Å²) in [5, 5.41) is 7.37. The minimum Gasteiger partial charge on any atom is -0.361 e. The van der Waals surface area contributed by atoms with Crippen LogP contribution in [0.25, 0.3) is 0 Å². The van der Waals surface area contributed by atoms with Gasteiger partial charge in [-0.1, -0.05) is 0 Å². The lowest BCUT2D eigenvalue weighted by atomic mass is 9.90. The predicted molar refractivity (Wildman–Crippen MR) is 110 cm³/mol. The molecule has 1 aliphatic heterocycles. The van der Waals surface area contributed by atoms with E-state index in [0.29, 0.717) is 6.04 Å². The molecule has 0 spiro atoms. The fourth-order valence-corrected chi connectivity index (χ4v) is 4.31. The molecule has 0 bridgehead atoms. The van der Waals surface area contributed by atoms with Crippen LogP contribution in [0.2, 0.25) is 0 Å². The largest absolute Gasteiger partial charge is 0.361 e. The summed E-state index contributed by atoms with van der Waals surface area (Å²) >= 11 is 0. The molecule has 2 aromatic rings. The fourth-order valence-electron chi connectivity index (χ4n) is 4.31. The maximum absolute atomic E-state index is 12.3. The van der Waals surface area contributed by atoms with Crippen molar-refractivity contribution >= 4 is 11.8 Å². The van der Waals surface area contributed by atoms with Gasteiger partial charge in [-0.15, -0.1) is 5.10 Å². The van der Waals surface area contributed by atoms with Crippen LogP contribution in [0, 0.1) is 0 Å². The Bertz CT molecular complexity index is 941. The number of hydrogen-bond acceptors (Lipinski definition) is 8. The van der Waals surface area contributed by atoms with Gasteiger partial charge < -0.3 is 10.2 Å². The van der Waals surface area contributed by atoms with E-state index in [0.717, 1.165) is 62.4 Å². The zero-order chi connectivity index (χ0) is 20.4. The topological polar surface area (TPSA) is 101 Å². The standard InChI is InChI=1S/C19H28N8O2/c1-24-17(28)16(23-25(2)19(24)29)22-14-4-6-15(7-5-14)26-10-12-27(13-11-26)18-20-8-3-9-21-18/h3,8-9,14-15H,4-7,10-13H2,1-2H3,(H,22,23)/t14-,15-. The lowest BCUT2D eigenvalue weighted by molar-refractivity contribution is 0.143. The highest BCUT2D eigenvalue weighted by atomic mass is 16.2. The van der Waals surface area contributed by atoms with Crippen LogP contribution in [-0.4, -0.2) is 67.5 Å². The summed E-state index contributed by atoms with van der Waals surface area (Å²) < 4.78 is 2.29. The molecule has 10 heteroatoms. The smallest absolute Gasteiger partial charge is 0.346 e. The van der Waals surface area contributed by atoms with Crippen molar-refractivity contribution < 1.29 is 0 Å². The van der Waals surface area contributed by atoms with Gasteiger partial charge in [-0.3, -0.25) is 14.3 Å². The lowest BCUT2D eigenvalue weighted by Crippen LogP contribution is -2.52. The Labute approximate surface area is 169 Å². The first kappa shape index (κ1) is 19.6. The molecule has 29 heavy (non-hydrogen) atoms. The Morgan fingerprint density at radius 1 is 0.966 bits per heavy atom. The summed E-state index contributed by atoms with van der Waals surface area (Å²) in [6.07, 6.45) is 7.73. The van der Waals surface area contributed by atoms with Crippen LogP contribution in [0.4, 0.5) is 11.8 Å². The summed E-state index contributed by atoms with van der Waals surface area (Å²) in [5.41, 5.74) is -0.779. The molecule has 156 valence electrons. The van der Waals surface area contributed by atoms with E-state index in [2.05, 4.69) is 30.2 Å². The van der Waals surface area contributed by atoms with Gasteiger partial charge in [0, 0.05) is 64.8 Å². The Balaban J connectivity index is 1.29. The van der Waals surface area contributed by atoms with Gasteiger partial charge in [0.2, 0.25) is 11.8 Å². The molecule has 2 aliphatic rings. The summed E-state index contributed by atoms with van der Waals surface area (Å²) in [6, 6.07) is 2.62. The van der Waals surface area contributed by atoms with Gasteiger partial charge >= 0.3 is 5.69 Å². The second-order valence-electron chi connectivity index (χ2n) is 7.84. The second kappa shape index (κ2) is 8.32. The number of aryl methyl sites for hydroxylation is 1. The SMILES string of the molecule is Cn1nc(N[C@H]2CC[C@H](N3CCN(c4ncccn4)CC3)CC2)c(=O)n(C)c1=O. The molecule has 0 aromatic carbocycles. The molecule has 1 saturated heterocycles. The van der Waals surface area contributed by atoms with Crippen LogP contribution in [0.1, 0.15) is 25.7 Å². The van der Waals surface area contributed by atoms with Crippen molar-refractivity contribution in [3.63, 3.8) is 0 Å². The van der Waals surface area contributed by atoms with E-state index in [1.54, 1.807) is 19.4 Å². The third kappa shape index (κ3) is 4.16. The maximum Gasteiger partial charge on any atom is 0.346 e. The van der Waals surface area contributed by atoms with Crippen molar-refractivity contribution in [2.45, 2.75) is 37.8 Å². The Hall–Kier alpha value is -2.75. The molecular weight excluding hydrogens is 372 g/mol. The number of aromatic nitrogens is 5. The monoisotopic (exact) mass is 400 g/mol. The van der Waals surface area contributed by atoms with Crippen LogP contribution in [0.3, 0.4) is 0 Å². The zero-order valence-electron chi connectivity index (χ0n) is 17.0.